The third kappa shape index (κ3) is 6.02. The highest BCUT2D eigenvalue weighted by Gasteiger charge is 2.26. The van der Waals surface area contributed by atoms with Crippen molar-refractivity contribution >= 4 is 54.6 Å². The number of benzene rings is 8. The Balaban J connectivity index is 1.16. The van der Waals surface area contributed by atoms with Crippen LogP contribution in [-0.2, 0) is 0 Å². The van der Waals surface area contributed by atoms with Gasteiger partial charge in [-0.05, 0) is 127 Å². The summed E-state index contributed by atoms with van der Waals surface area (Å²) in [5.41, 5.74) is 13.1. The summed E-state index contributed by atoms with van der Waals surface area (Å²) in [6.45, 7) is 2.31. The minimum Gasteiger partial charge on any atom is -0.349 e. The van der Waals surface area contributed by atoms with Gasteiger partial charge in [-0.3, -0.25) is 9.98 Å². The Morgan fingerprint density at radius 3 is 2.04 bits per heavy atom. The normalized spacial score (nSPS) is 17.2. The molecule has 0 aliphatic carbocycles. The van der Waals surface area contributed by atoms with Gasteiger partial charge in [-0.25, -0.2) is 0 Å². The molecule has 1 aliphatic rings. The van der Waals surface area contributed by atoms with Crippen LogP contribution in [0.25, 0.3) is 71.2 Å². The van der Waals surface area contributed by atoms with Gasteiger partial charge in [0.1, 0.15) is 6.17 Å². The number of pyridine rings is 1. The lowest BCUT2D eigenvalue weighted by molar-refractivity contribution is 0.363. The van der Waals surface area contributed by atoms with Crippen molar-refractivity contribution < 1.29 is 0 Å². The van der Waals surface area contributed by atoms with Crippen LogP contribution in [0.4, 0.5) is 0 Å². The zero-order valence-corrected chi connectivity index (χ0v) is 31.7. The molecule has 0 fully saturated rings. The van der Waals surface area contributed by atoms with E-state index in [-0.39, 0.29) is 6.17 Å². The highest BCUT2D eigenvalue weighted by atomic mass is 15.2. The molecule has 8 aromatic carbocycles. The molecule has 268 valence electrons. The van der Waals surface area contributed by atoms with Gasteiger partial charge in [-0.1, -0.05) is 146 Å². The average molecular weight is 720 g/mol. The fraction of sp³-hybridized carbons (Fsp3) is 0.0943. The molecule has 1 unspecified atom stereocenters. The van der Waals surface area contributed by atoms with Crippen LogP contribution < -0.4 is 0 Å². The van der Waals surface area contributed by atoms with E-state index >= 15 is 0 Å². The maximum Gasteiger partial charge on any atom is 0.147 e. The molecule has 3 nitrogen and oxygen atoms in total. The van der Waals surface area contributed by atoms with E-state index in [1.54, 1.807) is 0 Å². The number of rotatable bonds is 5. The first-order valence-electron chi connectivity index (χ1n) is 19.5. The van der Waals surface area contributed by atoms with Gasteiger partial charge < -0.3 is 4.90 Å². The number of aliphatic imine (C=N–C) groups is 1. The second-order valence-corrected chi connectivity index (χ2v) is 15.0. The van der Waals surface area contributed by atoms with Crippen molar-refractivity contribution in [3.05, 3.63) is 204 Å². The summed E-state index contributed by atoms with van der Waals surface area (Å²) in [6.07, 6.45) is 3.39. The molecular weight excluding hydrogens is 679 g/mol. The first-order valence-corrected chi connectivity index (χ1v) is 19.5. The largest absolute Gasteiger partial charge is 0.349 e. The summed E-state index contributed by atoms with van der Waals surface area (Å²) in [4.78, 5) is 12.8. The molecule has 0 saturated heterocycles. The zero-order chi connectivity index (χ0) is 37.6. The summed E-state index contributed by atoms with van der Waals surface area (Å²) in [5, 5.41) is 8.54. The second kappa shape index (κ2) is 14.1. The van der Waals surface area contributed by atoms with Gasteiger partial charge >= 0.3 is 0 Å². The molecule has 1 aromatic heterocycles. The van der Waals surface area contributed by atoms with E-state index in [0.717, 1.165) is 29.6 Å². The second-order valence-electron chi connectivity index (χ2n) is 15.0. The van der Waals surface area contributed by atoms with Crippen LogP contribution in [0.2, 0.25) is 0 Å². The maximum absolute atomic E-state index is 5.69. The van der Waals surface area contributed by atoms with E-state index in [1.165, 1.54) is 82.4 Å². The van der Waals surface area contributed by atoms with Crippen molar-refractivity contribution in [2.45, 2.75) is 25.9 Å². The SMILES string of the molecule is C/C1=C(/c2ccc(-c3ccc4ccccc4c3)c(-c3ccccc3)c2)N(C)C(c2ccc3ccc4ccc5ncccc5c4c3c2)/N=C(/c2ccccc2)CC1. The van der Waals surface area contributed by atoms with E-state index in [1.807, 2.05) is 12.3 Å². The Kier molecular flexibility index (Phi) is 8.49. The lowest BCUT2D eigenvalue weighted by atomic mass is 9.89. The quantitative estimate of drug-likeness (QED) is 0.166. The van der Waals surface area contributed by atoms with Crippen LogP contribution in [0.15, 0.2) is 193 Å². The van der Waals surface area contributed by atoms with Crippen molar-refractivity contribution in [3.63, 3.8) is 0 Å². The molecule has 0 N–H and O–H groups in total. The highest BCUT2D eigenvalue weighted by molar-refractivity contribution is 6.19. The molecule has 0 radical (unpaired) electrons. The summed E-state index contributed by atoms with van der Waals surface area (Å²) >= 11 is 0. The van der Waals surface area contributed by atoms with Crippen LogP contribution in [0, 0.1) is 0 Å². The molecule has 0 spiro atoms. The Labute approximate surface area is 327 Å². The molecule has 10 rings (SSSR count). The van der Waals surface area contributed by atoms with E-state index in [4.69, 9.17) is 9.98 Å². The Bertz CT molecular complexity index is 2990. The average Bonchev–Trinajstić information content (AvgIpc) is 3.26. The minimum absolute atomic E-state index is 0.261. The van der Waals surface area contributed by atoms with E-state index in [2.05, 4.69) is 189 Å². The van der Waals surface area contributed by atoms with Gasteiger partial charge in [-0.2, -0.15) is 0 Å². The Hall–Kier alpha value is -6.84. The molecule has 9 aromatic rings. The van der Waals surface area contributed by atoms with Gasteiger partial charge in [-0.15, -0.1) is 0 Å². The predicted octanol–water partition coefficient (Wildman–Crippen LogP) is 13.7. The lowest BCUT2D eigenvalue weighted by Gasteiger charge is -2.34. The molecule has 0 bridgehead atoms. The molecule has 1 aliphatic heterocycles. The van der Waals surface area contributed by atoms with Crippen molar-refractivity contribution in [1.29, 1.82) is 0 Å². The minimum atomic E-state index is -0.261. The number of aromatic nitrogens is 1. The van der Waals surface area contributed by atoms with E-state index in [0.29, 0.717) is 0 Å². The summed E-state index contributed by atoms with van der Waals surface area (Å²) in [7, 11) is 2.23. The smallest absolute Gasteiger partial charge is 0.147 e. The number of hydrogen-bond acceptors (Lipinski definition) is 3. The summed E-state index contributed by atoms with van der Waals surface area (Å²) < 4.78 is 0. The Morgan fingerprint density at radius 2 is 1.20 bits per heavy atom. The third-order valence-electron chi connectivity index (χ3n) is 11.6. The van der Waals surface area contributed by atoms with Crippen molar-refractivity contribution in [1.82, 2.24) is 9.88 Å². The van der Waals surface area contributed by atoms with Crippen LogP contribution in [0.3, 0.4) is 0 Å². The van der Waals surface area contributed by atoms with Crippen LogP contribution in [-0.4, -0.2) is 22.6 Å². The van der Waals surface area contributed by atoms with E-state index in [9.17, 15) is 0 Å². The first-order chi connectivity index (χ1) is 27.6. The van der Waals surface area contributed by atoms with Crippen LogP contribution in [0.1, 0.15) is 42.6 Å². The fourth-order valence-corrected chi connectivity index (χ4v) is 8.79. The fourth-order valence-electron chi connectivity index (χ4n) is 8.79. The standard InChI is InChI=1S/C53H41N3/c1-35-19-29-49(39-15-7-4-8-16-39)55-53(44-25-22-38-21-23-40-27-30-50-46(18-11-31-54-50)51(40)48(38)34-44)56(2)52(35)43-26-28-45(47(33-43)37-13-5-3-6-14-37)42-24-20-36-12-9-10-17-41(36)32-42/h3-18,20-28,30-34,53H,19,29H2,1-2H3/b52-35+,55-49+. The summed E-state index contributed by atoms with van der Waals surface area (Å²) in [5.74, 6) is 0. The highest BCUT2D eigenvalue weighted by Crippen LogP contribution is 2.42. The van der Waals surface area contributed by atoms with Gasteiger partial charge in [0.25, 0.3) is 0 Å². The molecular formula is C53H41N3. The Morgan fingerprint density at radius 1 is 0.500 bits per heavy atom. The van der Waals surface area contributed by atoms with E-state index < -0.39 is 0 Å². The molecule has 0 saturated carbocycles. The van der Waals surface area contributed by atoms with Gasteiger partial charge in [0.05, 0.1) is 5.52 Å². The first kappa shape index (κ1) is 33.7. The topological polar surface area (TPSA) is 28.5 Å². The zero-order valence-electron chi connectivity index (χ0n) is 31.7. The summed E-state index contributed by atoms with van der Waals surface area (Å²) in [6, 6.07) is 63.9. The number of fused-ring (bicyclic) bond motifs is 6. The van der Waals surface area contributed by atoms with Crippen LogP contribution in [0.5, 0.6) is 0 Å². The van der Waals surface area contributed by atoms with Gasteiger partial charge in [0, 0.05) is 30.0 Å². The predicted molar refractivity (Wildman–Crippen MR) is 237 cm³/mol. The van der Waals surface area contributed by atoms with Crippen molar-refractivity contribution in [3.8, 4) is 22.3 Å². The lowest BCUT2D eigenvalue weighted by Crippen LogP contribution is -2.26. The molecule has 2 heterocycles. The number of nitrogens with zero attached hydrogens (tertiary/aromatic N) is 3. The molecule has 1 atom stereocenters. The maximum atomic E-state index is 5.69. The van der Waals surface area contributed by atoms with Gasteiger partial charge in [0.2, 0.25) is 0 Å². The molecule has 56 heavy (non-hydrogen) atoms. The molecule has 0 amide bonds. The monoisotopic (exact) mass is 719 g/mol. The van der Waals surface area contributed by atoms with Gasteiger partial charge in [0.15, 0.2) is 0 Å². The number of allylic oxidation sites excluding steroid dienone is 1. The number of hydrogen-bond donors (Lipinski definition) is 0. The third-order valence-corrected chi connectivity index (χ3v) is 11.6. The van der Waals surface area contributed by atoms with Crippen molar-refractivity contribution in [2.75, 3.05) is 7.05 Å². The molecule has 3 heteroatoms. The van der Waals surface area contributed by atoms with Crippen molar-refractivity contribution in [2.24, 2.45) is 4.99 Å². The van der Waals surface area contributed by atoms with Crippen LogP contribution >= 0.6 is 0 Å².